The van der Waals surface area contributed by atoms with Crippen molar-refractivity contribution in [2.24, 2.45) is 5.73 Å². The second-order valence-electron chi connectivity index (χ2n) is 5.59. The quantitative estimate of drug-likeness (QED) is 0.676. The van der Waals surface area contributed by atoms with Gasteiger partial charge in [0.15, 0.2) is 11.6 Å². The van der Waals surface area contributed by atoms with Crippen LogP contribution in [0.4, 0.5) is 31.2 Å². The van der Waals surface area contributed by atoms with E-state index in [1.165, 1.54) is 6.07 Å². The predicted molar refractivity (Wildman–Crippen MR) is 84.5 cm³/mol. The van der Waals surface area contributed by atoms with E-state index in [-0.39, 0.29) is 23.1 Å². The number of aromatic nitrogens is 3. The minimum Gasteiger partial charge on any atom is -0.368 e. The van der Waals surface area contributed by atoms with Crippen molar-refractivity contribution in [1.29, 1.82) is 0 Å². The molecule has 6 N–H and O–H groups in total. The normalized spacial score (nSPS) is 15.5. The van der Waals surface area contributed by atoms with E-state index in [4.69, 9.17) is 11.5 Å². The first-order valence-corrected chi connectivity index (χ1v) is 7.43. The third kappa shape index (κ3) is 3.07. The van der Waals surface area contributed by atoms with E-state index < -0.39 is 17.7 Å². The van der Waals surface area contributed by atoms with Crippen LogP contribution in [0.15, 0.2) is 12.1 Å². The van der Waals surface area contributed by atoms with Gasteiger partial charge >= 0.3 is 6.03 Å². The summed E-state index contributed by atoms with van der Waals surface area (Å²) >= 11 is 0. The molecule has 2 heterocycles. The number of piperidine rings is 1. The minimum absolute atomic E-state index is 0.142. The molecule has 0 radical (unpaired) electrons. The van der Waals surface area contributed by atoms with Crippen LogP contribution >= 0.6 is 0 Å². The van der Waals surface area contributed by atoms with Gasteiger partial charge in [-0.15, -0.1) is 5.10 Å². The zero-order valence-electron chi connectivity index (χ0n) is 12.7. The van der Waals surface area contributed by atoms with Crippen LogP contribution in [0.5, 0.6) is 0 Å². The molecule has 10 heteroatoms. The number of urea groups is 1. The van der Waals surface area contributed by atoms with E-state index in [0.29, 0.717) is 31.9 Å². The molecule has 0 bridgehead atoms. The standard InChI is InChI=1S/C14H17F2N7O/c15-8-1-2-9(19-13(18)24)10(11(8)16)7-3-5-23(6-4-7)14-20-12(17)21-22-14/h1-2,7H,3-6H2,(H3,18,19,24)(H3,17,20,21,22). The van der Waals surface area contributed by atoms with Gasteiger partial charge < -0.3 is 21.7 Å². The van der Waals surface area contributed by atoms with E-state index in [9.17, 15) is 13.6 Å². The number of halogens is 2. The summed E-state index contributed by atoms with van der Waals surface area (Å²) in [6.45, 7) is 1.10. The summed E-state index contributed by atoms with van der Waals surface area (Å²) in [7, 11) is 0. The van der Waals surface area contributed by atoms with Crippen molar-refractivity contribution in [1.82, 2.24) is 15.2 Å². The number of hydrogen-bond donors (Lipinski definition) is 4. The Morgan fingerprint density at radius 3 is 2.62 bits per heavy atom. The van der Waals surface area contributed by atoms with Gasteiger partial charge in [-0.05, 0) is 30.9 Å². The van der Waals surface area contributed by atoms with Crippen LogP contribution in [0.25, 0.3) is 0 Å². The summed E-state index contributed by atoms with van der Waals surface area (Å²) in [5.74, 6) is -1.47. The van der Waals surface area contributed by atoms with Crippen molar-refractivity contribution in [3.05, 3.63) is 29.3 Å². The molecule has 0 atom stereocenters. The lowest BCUT2D eigenvalue weighted by atomic mass is 9.87. The van der Waals surface area contributed by atoms with Gasteiger partial charge in [0, 0.05) is 24.3 Å². The van der Waals surface area contributed by atoms with E-state index >= 15 is 0 Å². The van der Waals surface area contributed by atoms with E-state index in [0.717, 1.165) is 6.07 Å². The first-order chi connectivity index (χ1) is 11.5. The molecule has 128 valence electrons. The molecule has 1 saturated heterocycles. The van der Waals surface area contributed by atoms with Gasteiger partial charge in [0.25, 0.3) is 0 Å². The lowest BCUT2D eigenvalue weighted by Crippen LogP contribution is -2.34. The lowest BCUT2D eigenvalue weighted by Gasteiger charge is -2.32. The number of carbonyl (C=O) groups is 1. The summed E-state index contributed by atoms with van der Waals surface area (Å²) in [4.78, 5) is 17.0. The predicted octanol–water partition coefficient (Wildman–Crippen LogP) is 1.54. The molecule has 2 amide bonds. The molecule has 1 fully saturated rings. The largest absolute Gasteiger partial charge is 0.368 e. The van der Waals surface area contributed by atoms with Gasteiger partial charge in [-0.25, -0.2) is 18.7 Å². The number of nitrogen functional groups attached to an aromatic ring is 1. The SMILES string of the molecule is NC(=O)Nc1ccc(F)c(F)c1C1CCN(c2n[nH]c(N)n2)CC1. The Balaban J connectivity index is 1.80. The molecule has 0 aliphatic carbocycles. The monoisotopic (exact) mass is 337 g/mol. The molecular weight excluding hydrogens is 320 g/mol. The Hall–Kier alpha value is -2.91. The number of anilines is 3. The first-order valence-electron chi connectivity index (χ1n) is 7.43. The fourth-order valence-electron chi connectivity index (χ4n) is 2.98. The number of nitrogens with one attached hydrogen (secondary N) is 2. The zero-order valence-corrected chi connectivity index (χ0v) is 12.7. The summed E-state index contributed by atoms with van der Waals surface area (Å²) in [5.41, 5.74) is 11.0. The van der Waals surface area contributed by atoms with E-state index in [1.807, 2.05) is 4.90 Å². The first kappa shape index (κ1) is 16.0. The maximum absolute atomic E-state index is 14.3. The minimum atomic E-state index is -0.957. The molecule has 1 aliphatic rings. The van der Waals surface area contributed by atoms with Crippen molar-refractivity contribution in [3.8, 4) is 0 Å². The highest BCUT2D eigenvalue weighted by molar-refractivity contribution is 5.88. The summed E-state index contributed by atoms with van der Waals surface area (Å²) in [6.07, 6.45) is 1.09. The molecule has 2 aromatic rings. The molecule has 0 unspecified atom stereocenters. The Morgan fingerprint density at radius 1 is 1.33 bits per heavy atom. The lowest BCUT2D eigenvalue weighted by molar-refractivity contribution is 0.259. The Morgan fingerprint density at radius 2 is 2.04 bits per heavy atom. The smallest absolute Gasteiger partial charge is 0.316 e. The topological polar surface area (TPSA) is 126 Å². The van der Waals surface area contributed by atoms with Crippen molar-refractivity contribution in [2.45, 2.75) is 18.8 Å². The molecule has 1 aromatic carbocycles. The third-order valence-corrected chi connectivity index (χ3v) is 4.07. The number of nitrogens with two attached hydrogens (primary N) is 2. The van der Waals surface area contributed by atoms with Gasteiger partial charge in [0.1, 0.15) is 0 Å². The van der Waals surface area contributed by atoms with Crippen LogP contribution in [0, 0.1) is 11.6 Å². The second kappa shape index (κ2) is 6.30. The fraction of sp³-hybridized carbons (Fsp3) is 0.357. The number of primary amides is 1. The summed E-state index contributed by atoms with van der Waals surface area (Å²) in [5, 5.41) is 8.90. The Bertz CT molecular complexity index is 756. The van der Waals surface area contributed by atoms with Crippen LogP contribution < -0.4 is 21.7 Å². The number of hydrogen-bond acceptors (Lipinski definition) is 5. The van der Waals surface area contributed by atoms with E-state index in [2.05, 4.69) is 20.5 Å². The van der Waals surface area contributed by atoms with Crippen molar-refractivity contribution in [2.75, 3.05) is 29.0 Å². The zero-order chi connectivity index (χ0) is 17.3. The Kier molecular flexibility index (Phi) is 4.19. The average Bonchev–Trinajstić information content (AvgIpc) is 2.98. The second-order valence-corrected chi connectivity index (χ2v) is 5.59. The van der Waals surface area contributed by atoms with E-state index in [1.54, 1.807) is 0 Å². The van der Waals surface area contributed by atoms with Crippen LogP contribution in [-0.4, -0.2) is 34.3 Å². The maximum Gasteiger partial charge on any atom is 0.316 e. The van der Waals surface area contributed by atoms with Crippen LogP contribution in [0.1, 0.15) is 24.3 Å². The molecule has 24 heavy (non-hydrogen) atoms. The van der Waals surface area contributed by atoms with Gasteiger partial charge in [-0.3, -0.25) is 0 Å². The number of nitrogens with zero attached hydrogens (tertiary/aromatic N) is 3. The maximum atomic E-state index is 14.3. The van der Waals surface area contributed by atoms with Gasteiger partial charge in [0.2, 0.25) is 11.9 Å². The van der Waals surface area contributed by atoms with Gasteiger partial charge in [0.05, 0.1) is 0 Å². The molecule has 1 aliphatic heterocycles. The number of rotatable bonds is 3. The molecule has 1 aromatic heterocycles. The van der Waals surface area contributed by atoms with Crippen molar-refractivity contribution in [3.63, 3.8) is 0 Å². The van der Waals surface area contributed by atoms with Crippen molar-refractivity contribution >= 4 is 23.6 Å². The number of H-pyrrole nitrogens is 1. The summed E-state index contributed by atoms with van der Waals surface area (Å²) in [6, 6.07) is 1.46. The van der Waals surface area contributed by atoms with Crippen LogP contribution in [-0.2, 0) is 0 Å². The number of benzene rings is 1. The highest BCUT2D eigenvalue weighted by Crippen LogP contribution is 2.36. The average molecular weight is 337 g/mol. The molecule has 3 rings (SSSR count). The number of carbonyl (C=O) groups excluding carboxylic acids is 1. The fourth-order valence-corrected chi connectivity index (χ4v) is 2.98. The van der Waals surface area contributed by atoms with Gasteiger partial charge in [-0.2, -0.15) is 4.98 Å². The van der Waals surface area contributed by atoms with Crippen LogP contribution in [0.3, 0.4) is 0 Å². The molecule has 0 saturated carbocycles. The number of amides is 2. The highest BCUT2D eigenvalue weighted by Gasteiger charge is 2.28. The van der Waals surface area contributed by atoms with Crippen molar-refractivity contribution < 1.29 is 13.6 Å². The Labute approximate surface area is 136 Å². The number of aromatic amines is 1. The molecule has 0 spiro atoms. The summed E-state index contributed by atoms with van der Waals surface area (Å²) < 4.78 is 27.9. The highest BCUT2D eigenvalue weighted by atomic mass is 19.2. The van der Waals surface area contributed by atoms with Crippen LogP contribution in [0.2, 0.25) is 0 Å². The molecular formula is C14H17F2N7O. The van der Waals surface area contributed by atoms with Gasteiger partial charge in [-0.1, -0.05) is 0 Å². The third-order valence-electron chi connectivity index (χ3n) is 4.07. The molecule has 8 nitrogen and oxygen atoms in total.